The monoisotopic (exact) mass is 335 g/mol. The zero-order chi connectivity index (χ0) is 17.0. The average molecular weight is 335 g/mol. The van der Waals surface area contributed by atoms with Crippen molar-refractivity contribution >= 4 is 15.8 Å². The van der Waals surface area contributed by atoms with Gasteiger partial charge in [-0.15, -0.1) is 0 Å². The predicted molar refractivity (Wildman–Crippen MR) is 89.1 cm³/mol. The van der Waals surface area contributed by atoms with E-state index in [2.05, 4.69) is 14.7 Å². The maximum atomic E-state index is 12.5. The minimum atomic E-state index is -3.71. The van der Waals surface area contributed by atoms with Crippen LogP contribution in [-0.2, 0) is 10.0 Å². The summed E-state index contributed by atoms with van der Waals surface area (Å²) in [5.74, 6) is 1.04. The molecule has 23 heavy (non-hydrogen) atoms. The number of hydrogen-bond acceptors (Lipinski definition) is 5. The topological polar surface area (TPSA) is 81.2 Å². The molecule has 1 aromatic heterocycles. The van der Waals surface area contributed by atoms with Gasteiger partial charge in [0.1, 0.15) is 17.9 Å². The van der Waals surface area contributed by atoms with Crippen molar-refractivity contribution in [2.45, 2.75) is 44.6 Å². The van der Waals surface area contributed by atoms with E-state index in [9.17, 15) is 8.42 Å². The fourth-order valence-corrected chi connectivity index (χ4v) is 3.04. The second kappa shape index (κ2) is 6.95. The van der Waals surface area contributed by atoms with Gasteiger partial charge in [-0.3, -0.25) is 4.72 Å². The van der Waals surface area contributed by atoms with E-state index in [1.165, 1.54) is 18.5 Å². The van der Waals surface area contributed by atoms with E-state index >= 15 is 0 Å². The lowest BCUT2D eigenvalue weighted by Crippen LogP contribution is -2.16. The van der Waals surface area contributed by atoms with E-state index in [1.54, 1.807) is 18.3 Å². The molecule has 2 rings (SSSR count). The van der Waals surface area contributed by atoms with Crippen LogP contribution in [0.25, 0.3) is 0 Å². The zero-order valence-electron chi connectivity index (χ0n) is 13.6. The lowest BCUT2D eigenvalue weighted by molar-refractivity contribution is 0.242. The summed E-state index contributed by atoms with van der Waals surface area (Å²) in [4.78, 5) is 8.14. The Morgan fingerprint density at radius 3 is 2.30 bits per heavy atom. The number of nitrogens with one attached hydrogen (secondary N) is 1. The molecule has 124 valence electrons. The molecular formula is C16H21N3O3S. The number of hydrogen-bond donors (Lipinski definition) is 1. The van der Waals surface area contributed by atoms with Crippen LogP contribution in [-0.4, -0.2) is 24.5 Å². The van der Waals surface area contributed by atoms with E-state index in [1.807, 2.05) is 27.7 Å². The van der Waals surface area contributed by atoms with Crippen molar-refractivity contribution in [1.82, 2.24) is 9.97 Å². The minimum absolute atomic E-state index is 0.0326. The second-order valence-corrected chi connectivity index (χ2v) is 7.41. The lowest BCUT2D eigenvalue weighted by Gasteiger charge is -2.14. The summed E-state index contributed by atoms with van der Waals surface area (Å²) < 4.78 is 33.0. The van der Waals surface area contributed by atoms with Gasteiger partial charge in [-0.25, -0.2) is 18.4 Å². The van der Waals surface area contributed by atoms with Gasteiger partial charge in [0, 0.05) is 11.8 Å². The Morgan fingerprint density at radius 1 is 1.09 bits per heavy atom. The molecule has 2 aromatic rings. The van der Waals surface area contributed by atoms with Gasteiger partial charge >= 0.3 is 0 Å². The number of anilines is 1. The van der Waals surface area contributed by atoms with Crippen molar-refractivity contribution in [3.63, 3.8) is 0 Å². The quantitative estimate of drug-likeness (QED) is 0.877. The molecule has 0 aliphatic carbocycles. The third-order valence-electron chi connectivity index (χ3n) is 3.10. The summed E-state index contributed by atoms with van der Waals surface area (Å²) in [6.45, 7) is 7.73. The Labute approximate surface area is 137 Å². The summed E-state index contributed by atoms with van der Waals surface area (Å²) in [6.07, 6.45) is 2.98. The van der Waals surface area contributed by atoms with Gasteiger partial charge < -0.3 is 4.74 Å². The van der Waals surface area contributed by atoms with Crippen LogP contribution in [0.5, 0.6) is 5.75 Å². The normalized spacial score (nSPS) is 11.7. The molecule has 7 heteroatoms. The average Bonchev–Trinajstić information content (AvgIpc) is 2.47. The number of nitrogens with zero attached hydrogens (tertiary/aromatic N) is 2. The van der Waals surface area contributed by atoms with Crippen LogP contribution in [0.3, 0.4) is 0 Å². The number of rotatable bonds is 6. The second-order valence-electron chi connectivity index (χ2n) is 5.72. The van der Waals surface area contributed by atoms with Crippen molar-refractivity contribution in [2.24, 2.45) is 0 Å². The molecule has 0 atom stereocenters. The minimum Gasteiger partial charge on any atom is -0.491 e. The molecule has 0 fully saturated rings. The molecule has 0 amide bonds. The fourth-order valence-electron chi connectivity index (χ4n) is 2.00. The van der Waals surface area contributed by atoms with Crippen LogP contribution in [0.15, 0.2) is 41.7 Å². The Bertz CT molecular complexity index is 756. The van der Waals surface area contributed by atoms with Gasteiger partial charge in [0.25, 0.3) is 10.0 Å². The summed E-state index contributed by atoms with van der Waals surface area (Å²) in [7, 11) is -3.71. The number of benzene rings is 1. The van der Waals surface area contributed by atoms with Crippen molar-refractivity contribution < 1.29 is 13.2 Å². The van der Waals surface area contributed by atoms with Gasteiger partial charge in [-0.05, 0) is 44.0 Å². The highest BCUT2D eigenvalue weighted by atomic mass is 32.2. The molecule has 0 saturated heterocycles. The van der Waals surface area contributed by atoms with Crippen LogP contribution in [0.2, 0.25) is 0 Å². The molecular weight excluding hydrogens is 314 g/mol. The highest BCUT2D eigenvalue weighted by Gasteiger charge is 2.18. The molecule has 0 aliphatic heterocycles. The molecule has 0 bridgehead atoms. The van der Waals surface area contributed by atoms with Gasteiger partial charge in [-0.1, -0.05) is 13.8 Å². The Balaban J connectivity index is 2.26. The van der Waals surface area contributed by atoms with Gasteiger partial charge in [0.15, 0.2) is 0 Å². The first-order valence-corrected chi connectivity index (χ1v) is 8.87. The van der Waals surface area contributed by atoms with Gasteiger partial charge in [0.05, 0.1) is 11.0 Å². The molecule has 0 aliphatic rings. The van der Waals surface area contributed by atoms with Crippen LogP contribution in [0.1, 0.15) is 39.2 Å². The SMILES string of the molecule is CC(C)Oc1ccc(S(=O)(=O)Nc2ncncc2C(C)C)cc1. The Kier molecular flexibility index (Phi) is 5.20. The first-order valence-electron chi connectivity index (χ1n) is 7.39. The van der Waals surface area contributed by atoms with Crippen LogP contribution in [0, 0.1) is 0 Å². The maximum absolute atomic E-state index is 12.5. The van der Waals surface area contributed by atoms with E-state index in [0.29, 0.717) is 11.6 Å². The molecule has 0 radical (unpaired) electrons. The predicted octanol–water partition coefficient (Wildman–Crippen LogP) is 3.19. The summed E-state index contributed by atoms with van der Waals surface area (Å²) in [5.41, 5.74) is 0.746. The molecule has 1 aromatic carbocycles. The van der Waals surface area contributed by atoms with Crippen LogP contribution in [0.4, 0.5) is 5.82 Å². The largest absolute Gasteiger partial charge is 0.491 e. The third-order valence-corrected chi connectivity index (χ3v) is 4.45. The Hall–Kier alpha value is -2.15. The van der Waals surface area contributed by atoms with Crippen LogP contribution >= 0.6 is 0 Å². The van der Waals surface area contributed by atoms with E-state index in [-0.39, 0.29) is 16.9 Å². The standard InChI is InChI=1S/C16H21N3O3S/c1-11(2)15-9-17-10-18-16(15)19-23(20,21)14-7-5-13(6-8-14)22-12(3)4/h5-12H,1-4H3,(H,17,18,19). The first kappa shape index (κ1) is 17.2. The molecule has 0 spiro atoms. The fraction of sp³-hybridized carbons (Fsp3) is 0.375. The van der Waals surface area contributed by atoms with E-state index in [4.69, 9.17) is 4.74 Å². The summed E-state index contributed by atoms with van der Waals surface area (Å²) in [6, 6.07) is 6.29. The molecule has 0 unspecified atom stereocenters. The Morgan fingerprint density at radius 2 is 1.74 bits per heavy atom. The van der Waals surface area contributed by atoms with Crippen molar-refractivity contribution in [2.75, 3.05) is 4.72 Å². The third kappa shape index (κ3) is 4.41. The lowest BCUT2D eigenvalue weighted by atomic mass is 10.1. The van der Waals surface area contributed by atoms with Crippen molar-refractivity contribution in [3.8, 4) is 5.75 Å². The van der Waals surface area contributed by atoms with Crippen molar-refractivity contribution in [3.05, 3.63) is 42.4 Å². The highest BCUT2D eigenvalue weighted by Crippen LogP contribution is 2.24. The van der Waals surface area contributed by atoms with Crippen molar-refractivity contribution in [1.29, 1.82) is 0 Å². The van der Waals surface area contributed by atoms with E-state index in [0.717, 1.165) is 5.56 Å². The molecule has 1 heterocycles. The van der Waals surface area contributed by atoms with Gasteiger partial charge in [0.2, 0.25) is 0 Å². The zero-order valence-corrected chi connectivity index (χ0v) is 14.5. The smallest absolute Gasteiger partial charge is 0.263 e. The molecule has 0 saturated carbocycles. The molecule has 1 N–H and O–H groups in total. The summed E-state index contributed by atoms with van der Waals surface area (Å²) >= 11 is 0. The number of ether oxygens (including phenoxy) is 1. The van der Waals surface area contributed by atoms with Crippen LogP contribution < -0.4 is 9.46 Å². The highest BCUT2D eigenvalue weighted by molar-refractivity contribution is 7.92. The maximum Gasteiger partial charge on any atom is 0.263 e. The van der Waals surface area contributed by atoms with E-state index < -0.39 is 10.0 Å². The summed E-state index contributed by atoms with van der Waals surface area (Å²) in [5, 5.41) is 0. The first-order chi connectivity index (χ1) is 10.8. The molecule has 6 nitrogen and oxygen atoms in total. The number of sulfonamides is 1. The van der Waals surface area contributed by atoms with Gasteiger partial charge in [-0.2, -0.15) is 0 Å². The number of aromatic nitrogens is 2.